The number of aromatic nitrogens is 2. The fourth-order valence-electron chi connectivity index (χ4n) is 4.28. The number of amides is 2. The number of primary amides is 1. The Labute approximate surface area is 228 Å². The van der Waals surface area contributed by atoms with Crippen molar-refractivity contribution in [3.05, 3.63) is 40.8 Å². The van der Waals surface area contributed by atoms with Crippen LogP contribution in [0.25, 0.3) is 10.2 Å². The molecule has 3 heterocycles. The minimum absolute atomic E-state index is 0.0265. The summed E-state index contributed by atoms with van der Waals surface area (Å²) >= 11 is 1.16. The summed E-state index contributed by atoms with van der Waals surface area (Å²) in [7, 11) is 0. The maximum Gasteiger partial charge on any atom is 0.410 e. The van der Waals surface area contributed by atoms with E-state index in [0.29, 0.717) is 38.6 Å². The van der Waals surface area contributed by atoms with Gasteiger partial charge in [0.15, 0.2) is 0 Å². The van der Waals surface area contributed by atoms with E-state index in [2.05, 4.69) is 15.3 Å². The van der Waals surface area contributed by atoms with Gasteiger partial charge in [-0.05, 0) is 45.4 Å². The number of rotatable bonds is 7. The largest absolute Gasteiger partial charge is 0.486 e. The summed E-state index contributed by atoms with van der Waals surface area (Å²) in [6, 6.07) is 3.52. The Bertz CT molecular complexity index is 1420. The number of carbonyl (C=O) groups is 3. The Morgan fingerprint density at radius 2 is 2.00 bits per heavy atom. The van der Waals surface area contributed by atoms with Gasteiger partial charge in [-0.25, -0.2) is 19.2 Å². The highest BCUT2D eigenvalue weighted by molar-refractivity contribution is 7.20. The van der Waals surface area contributed by atoms with Gasteiger partial charge in [0.2, 0.25) is 0 Å². The van der Waals surface area contributed by atoms with Crippen LogP contribution in [-0.2, 0) is 14.3 Å². The Kier molecular flexibility index (Phi) is 7.91. The number of likely N-dealkylation sites (tertiary alicyclic amines) is 1. The molecular weight excluding hydrogens is 529 g/mol. The molecule has 2 unspecified atom stereocenters. The lowest BCUT2D eigenvalue weighted by molar-refractivity contribution is -0.142. The van der Waals surface area contributed by atoms with E-state index >= 15 is 0 Å². The van der Waals surface area contributed by atoms with Crippen LogP contribution in [0.4, 0.5) is 20.7 Å². The molecule has 2 amide bonds. The van der Waals surface area contributed by atoms with E-state index in [4.69, 9.17) is 19.9 Å². The van der Waals surface area contributed by atoms with Crippen LogP contribution in [0.2, 0.25) is 0 Å². The Morgan fingerprint density at radius 1 is 1.26 bits per heavy atom. The van der Waals surface area contributed by atoms with E-state index < -0.39 is 41.5 Å². The van der Waals surface area contributed by atoms with Crippen LogP contribution in [0.15, 0.2) is 24.5 Å². The van der Waals surface area contributed by atoms with Gasteiger partial charge in [-0.2, -0.15) is 0 Å². The number of carbonyl (C=O) groups excluding carboxylic acids is 3. The van der Waals surface area contributed by atoms with Crippen molar-refractivity contribution in [2.24, 2.45) is 5.73 Å². The minimum Gasteiger partial charge on any atom is -0.486 e. The highest BCUT2D eigenvalue weighted by Gasteiger charge is 2.39. The second-order valence-corrected chi connectivity index (χ2v) is 11.2. The molecular formula is C26H30FN5O6S. The van der Waals surface area contributed by atoms with Crippen LogP contribution in [0.1, 0.15) is 49.4 Å². The van der Waals surface area contributed by atoms with Crippen molar-refractivity contribution in [3.63, 3.8) is 0 Å². The number of nitrogens with two attached hydrogens (primary N) is 1. The van der Waals surface area contributed by atoms with Gasteiger partial charge in [0.25, 0.3) is 5.91 Å². The number of halogens is 1. The fraction of sp³-hybridized carbons (Fsp3) is 0.423. The number of ether oxygens (including phenoxy) is 3. The van der Waals surface area contributed by atoms with Crippen LogP contribution in [0.5, 0.6) is 5.75 Å². The Balaban J connectivity index is 1.60. The zero-order valence-electron chi connectivity index (χ0n) is 22.2. The standard InChI is InChI=1S/C26H30FN5O6S/c1-13-20-23(29-12-30-24(20)39-21(13)22(28)34)31-18-7-6-15(27)8-19(18)37-17-9-16(11-36-14(2)33)32(10-17)25(35)38-26(3,4)5/h6-8,12,16-17H,9-11H2,1-5H3,(H2,28,34)(H,29,30,31). The first-order chi connectivity index (χ1) is 18.3. The summed E-state index contributed by atoms with van der Waals surface area (Å²) in [6.07, 6.45) is 0.566. The highest BCUT2D eigenvalue weighted by Crippen LogP contribution is 2.37. The number of aryl methyl sites for hydroxylation is 1. The molecule has 1 fully saturated rings. The maximum atomic E-state index is 14.3. The van der Waals surface area contributed by atoms with Gasteiger partial charge in [-0.3, -0.25) is 14.5 Å². The van der Waals surface area contributed by atoms with E-state index in [9.17, 15) is 18.8 Å². The molecule has 2 aromatic heterocycles. The van der Waals surface area contributed by atoms with Crippen molar-refractivity contribution in [1.82, 2.24) is 14.9 Å². The first kappa shape index (κ1) is 28.0. The van der Waals surface area contributed by atoms with Gasteiger partial charge < -0.3 is 25.3 Å². The van der Waals surface area contributed by atoms with E-state index in [1.165, 1.54) is 36.4 Å². The molecule has 1 aliphatic heterocycles. The SMILES string of the molecule is CC(=O)OCC1CC(Oc2cc(F)ccc2Nc2ncnc3sc(C(N)=O)c(C)c23)CN1C(=O)OC(C)(C)C. The van der Waals surface area contributed by atoms with Crippen LogP contribution < -0.4 is 15.8 Å². The first-order valence-corrected chi connectivity index (χ1v) is 13.0. The number of nitrogens with zero attached hydrogens (tertiary/aromatic N) is 3. The van der Waals surface area contributed by atoms with Crippen LogP contribution in [0, 0.1) is 12.7 Å². The van der Waals surface area contributed by atoms with Gasteiger partial charge in [0.1, 0.15) is 46.9 Å². The number of hydrogen-bond acceptors (Lipinski definition) is 10. The molecule has 0 saturated carbocycles. The molecule has 3 aromatic rings. The zero-order chi connectivity index (χ0) is 28.5. The zero-order valence-corrected chi connectivity index (χ0v) is 23.1. The molecule has 1 aliphatic rings. The molecule has 1 aromatic carbocycles. The lowest BCUT2D eigenvalue weighted by atomic mass is 10.2. The number of nitrogens with one attached hydrogen (secondary N) is 1. The molecule has 0 radical (unpaired) electrons. The molecule has 39 heavy (non-hydrogen) atoms. The minimum atomic E-state index is -0.724. The van der Waals surface area contributed by atoms with Crippen LogP contribution >= 0.6 is 11.3 Å². The Hall–Kier alpha value is -4.00. The van der Waals surface area contributed by atoms with Crippen molar-refractivity contribution in [3.8, 4) is 5.75 Å². The van der Waals surface area contributed by atoms with E-state index in [0.717, 1.165) is 11.3 Å². The molecule has 4 rings (SSSR count). The second kappa shape index (κ2) is 11.0. The number of fused-ring (bicyclic) bond motifs is 1. The van der Waals surface area contributed by atoms with E-state index in [1.807, 2.05) is 0 Å². The van der Waals surface area contributed by atoms with Crippen LogP contribution in [0.3, 0.4) is 0 Å². The average molecular weight is 560 g/mol. The summed E-state index contributed by atoms with van der Waals surface area (Å²) in [5, 5.41) is 3.78. The summed E-state index contributed by atoms with van der Waals surface area (Å²) < 4.78 is 31.2. The molecule has 0 spiro atoms. The van der Waals surface area contributed by atoms with E-state index in [1.54, 1.807) is 27.7 Å². The Morgan fingerprint density at radius 3 is 2.67 bits per heavy atom. The van der Waals surface area contributed by atoms with Gasteiger partial charge in [-0.1, -0.05) is 0 Å². The smallest absolute Gasteiger partial charge is 0.410 e. The van der Waals surface area contributed by atoms with Crippen molar-refractivity contribution < 1.29 is 33.0 Å². The number of esters is 1. The first-order valence-electron chi connectivity index (χ1n) is 12.2. The van der Waals surface area contributed by atoms with Crippen molar-refractivity contribution in [2.75, 3.05) is 18.5 Å². The predicted octanol–water partition coefficient (Wildman–Crippen LogP) is 4.30. The monoisotopic (exact) mass is 559 g/mol. The predicted molar refractivity (Wildman–Crippen MR) is 143 cm³/mol. The lowest BCUT2D eigenvalue weighted by Crippen LogP contribution is -2.42. The number of benzene rings is 1. The summed E-state index contributed by atoms with van der Waals surface area (Å²) in [5.41, 5.74) is 5.83. The molecule has 1 saturated heterocycles. The number of anilines is 2. The fourth-order valence-corrected chi connectivity index (χ4v) is 5.28. The third-order valence-electron chi connectivity index (χ3n) is 5.92. The quantitative estimate of drug-likeness (QED) is 0.405. The molecule has 3 N–H and O–H groups in total. The highest BCUT2D eigenvalue weighted by atomic mass is 32.1. The molecule has 2 atom stereocenters. The van der Waals surface area contributed by atoms with Crippen molar-refractivity contribution in [1.29, 1.82) is 0 Å². The van der Waals surface area contributed by atoms with Gasteiger partial charge in [0, 0.05) is 19.4 Å². The topological polar surface area (TPSA) is 146 Å². The summed E-state index contributed by atoms with van der Waals surface area (Å²) in [4.78, 5) is 47.1. The van der Waals surface area contributed by atoms with Gasteiger partial charge in [0.05, 0.1) is 28.5 Å². The normalized spacial score (nSPS) is 17.2. The summed E-state index contributed by atoms with van der Waals surface area (Å²) in [5.74, 6) is -0.977. The van der Waals surface area contributed by atoms with Gasteiger partial charge in [-0.15, -0.1) is 11.3 Å². The number of thiophene rings is 1. The van der Waals surface area contributed by atoms with Crippen molar-refractivity contribution in [2.45, 2.75) is 58.8 Å². The number of hydrogen-bond donors (Lipinski definition) is 2. The molecule has 13 heteroatoms. The molecule has 0 bridgehead atoms. The maximum absolute atomic E-state index is 14.3. The van der Waals surface area contributed by atoms with Gasteiger partial charge >= 0.3 is 12.1 Å². The second-order valence-electron chi connectivity index (χ2n) is 10.2. The third kappa shape index (κ3) is 6.53. The van der Waals surface area contributed by atoms with Crippen LogP contribution in [-0.4, -0.2) is 63.7 Å². The molecule has 208 valence electrons. The lowest BCUT2D eigenvalue weighted by Gasteiger charge is -2.28. The average Bonchev–Trinajstić information content (AvgIpc) is 3.40. The van der Waals surface area contributed by atoms with Crippen molar-refractivity contribution >= 4 is 51.0 Å². The molecule has 11 nitrogen and oxygen atoms in total. The summed E-state index contributed by atoms with van der Waals surface area (Å²) in [6.45, 7) is 8.42. The molecule has 0 aliphatic carbocycles. The third-order valence-corrected chi connectivity index (χ3v) is 7.14. The van der Waals surface area contributed by atoms with E-state index in [-0.39, 0.29) is 18.9 Å².